The number of ketones is 1. The lowest BCUT2D eigenvalue weighted by atomic mass is 10.0. The highest BCUT2D eigenvalue weighted by molar-refractivity contribution is 7.08. The molecule has 3 aromatic rings. The standard InChI is InChI=1S/C14H10N2O3S/c1-7-5-20-6-9(7)12(17)8-2-3-10-11(4-8)16-14(19)13(18)15-10/h2-6H,1H3,(H,15,18)(H,16,19). The molecule has 1 aromatic carbocycles. The fourth-order valence-corrected chi connectivity index (χ4v) is 2.83. The number of H-pyrrole nitrogens is 2. The number of aromatic amines is 2. The second kappa shape index (κ2) is 4.57. The van der Waals surface area contributed by atoms with Crippen LogP contribution in [0.3, 0.4) is 0 Å². The van der Waals surface area contributed by atoms with Crippen LogP contribution in [0, 0.1) is 6.92 Å². The van der Waals surface area contributed by atoms with Crippen LogP contribution in [0.15, 0.2) is 38.5 Å². The number of fused-ring (bicyclic) bond motifs is 1. The molecule has 6 heteroatoms. The van der Waals surface area contributed by atoms with E-state index in [9.17, 15) is 14.4 Å². The summed E-state index contributed by atoms with van der Waals surface area (Å²) in [4.78, 5) is 39.8. The highest BCUT2D eigenvalue weighted by Crippen LogP contribution is 2.19. The lowest BCUT2D eigenvalue weighted by Crippen LogP contribution is -2.28. The van der Waals surface area contributed by atoms with Crippen molar-refractivity contribution in [2.24, 2.45) is 0 Å². The first kappa shape index (κ1) is 12.6. The SMILES string of the molecule is Cc1cscc1C(=O)c1ccc2[nH]c(=O)c(=O)[nH]c2c1. The molecule has 100 valence electrons. The van der Waals surface area contributed by atoms with E-state index < -0.39 is 11.1 Å². The summed E-state index contributed by atoms with van der Waals surface area (Å²) in [5.74, 6) is -0.0994. The van der Waals surface area contributed by atoms with Gasteiger partial charge in [0.25, 0.3) is 0 Å². The van der Waals surface area contributed by atoms with Crippen LogP contribution in [0.4, 0.5) is 0 Å². The molecule has 0 saturated heterocycles. The zero-order valence-electron chi connectivity index (χ0n) is 10.5. The fraction of sp³-hybridized carbons (Fsp3) is 0.0714. The van der Waals surface area contributed by atoms with Gasteiger partial charge in [-0.2, -0.15) is 11.3 Å². The molecule has 0 fully saturated rings. The van der Waals surface area contributed by atoms with Gasteiger partial charge in [0.15, 0.2) is 5.78 Å². The third-order valence-electron chi connectivity index (χ3n) is 3.08. The zero-order chi connectivity index (χ0) is 14.3. The predicted octanol–water partition coefficient (Wildman–Crippen LogP) is 1.82. The molecule has 20 heavy (non-hydrogen) atoms. The van der Waals surface area contributed by atoms with Crippen molar-refractivity contribution in [3.05, 3.63) is 66.4 Å². The third-order valence-corrected chi connectivity index (χ3v) is 3.95. The number of nitrogens with one attached hydrogen (secondary N) is 2. The molecule has 0 spiro atoms. The van der Waals surface area contributed by atoms with Gasteiger partial charge < -0.3 is 9.97 Å². The van der Waals surface area contributed by atoms with Crippen LogP contribution in [0.25, 0.3) is 11.0 Å². The minimum absolute atomic E-state index is 0.0994. The number of rotatable bonds is 2. The maximum Gasteiger partial charge on any atom is 0.314 e. The van der Waals surface area contributed by atoms with Crippen LogP contribution in [0.1, 0.15) is 21.5 Å². The van der Waals surface area contributed by atoms with Gasteiger partial charge in [0.05, 0.1) is 11.0 Å². The molecule has 5 nitrogen and oxygen atoms in total. The second-order valence-corrected chi connectivity index (χ2v) is 5.21. The number of thiophene rings is 1. The first-order chi connectivity index (χ1) is 9.56. The van der Waals surface area contributed by atoms with E-state index in [0.717, 1.165) is 5.56 Å². The molecule has 0 atom stereocenters. The molecular weight excluding hydrogens is 276 g/mol. The fourth-order valence-electron chi connectivity index (χ4n) is 2.00. The highest BCUT2D eigenvalue weighted by atomic mass is 32.1. The molecule has 0 bridgehead atoms. The van der Waals surface area contributed by atoms with E-state index in [0.29, 0.717) is 22.2 Å². The Labute approximate surface area is 116 Å². The maximum atomic E-state index is 12.4. The zero-order valence-corrected chi connectivity index (χ0v) is 11.3. The molecule has 2 N–H and O–H groups in total. The van der Waals surface area contributed by atoms with E-state index in [-0.39, 0.29) is 5.78 Å². The summed E-state index contributed by atoms with van der Waals surface area (Å²) in [6.45, 7) is 1.88. The number of benzene rings is 1. The van der Waals surface area contributed by atoms with Crippen molar-refractivity contribution in [1.29, 1.82) is 0 Å². The number of aryl methyl sites for hydroxylation is 1. The molecule has 0 aliphatic carbocycles. The lowest BCUT2D eigenvalue weighted by Gasteiger charge is -2.02. The maximum absolute atomic E-state index is 12.4. The average Bonchev–Trinajstić information content (AvgIpc) is 2.85. The summed E-state index contributed by atoms with van der Waals surface area (Å²) < 4.78 is 0. The van der Waals surface area contributed by atoms with Gasteiger partial charge in [-0.3, -0.25) is 14.4 Å². The normalized spacial score (nSPS) is 10.8. The van der Waals surface area contributed by atoms with Gasteiger partial charge in [0.1, 0.15) is 0 Å². The second-order valence-electron chi connectivity index (χ2n) is 4.47. The summed E-state index contributed by atoms with van der Waals surface area (Å²) in [5, 5.41) is 3.71. The average molecular weight is 286 g/mol. The molecule has 3 rings (SSSR count). The Hall–Kier alpha value is -2.47. The van der Waals surface area contributed by atoms with Crippen molar-refractivity contribution in [1.82, 2.24) is 9.97 Å². The van der Waals surface area contributed by atoms with Crippen LogP contribution in [-0.4, -0.2) is 15.8 Å². The van der Waals surface area contributed by atoms with Crippen LogP contribution in [0.2, 0.25) is 0 Å². The molecule has 0 aliphatic rings. The molecule has 0 amide bonds. The number of hydrogen-bond donors (Lipinski definition) is 2. The lowest BCUT2D eigenvalue weighted by molar-refractivity contribution is 0.103. The molecule has 0 radical (unpaired) electrons. The Morgan fingerprint density at radius 3 is 2.40 bits per heavy atom. The Bertz CT molecular complexity index is 933. The van der Waals surface area contributed by atoms with Crippen LogP contribution in [0.5, 0.6) is 0 Å². The first-order valence-electron chi connectivity index (χ1n) is 5.90. The van der Waals surface area contributed by atoms with Crippen LogP contribution in [-0.2, 0) is 0 Å². The molecule has 0 saturated carbocycles. The Morgan fingerprint density at radius 2 is 1.75 bits per heavy atom. The summed E-state index contributed by atoms with van der Waals surface area (Å²) >= 11 is 1.47. The van der Waals surface area contributed by atoms with Gasteiger partial charge in [-0.1, -0.05) is 0 Å². The van der Waals surface area contributed by atoms with Gasteiger partial charge in [-0.15, -0.1) is 0 Å². The number of carbonyl (C=O) groups is 1. The minimum Gasteiger partial charge on any atom is -0.316 e. The van der Waals surface area contributed by atoms with Crippen molar-refractivity contribution < 1.29 is 4.79 Å². The van der Waals surface area contributed by atoms with Gasteiger partial charge in [-0.25, -0.2) is 0 Å². The topological polar surface area (TPSA) is 82.8 Å². The monoisotopic (exact) mass is 286 g/mol. The van der Waals surface area contributed by atoms with E-state index in [2.05, 4.69) is 9.97 Å². The van der Waals surface area contributed by atoms with Crippen molar-refractivity contribution in [2.45, 2.75) is 6.92 Å². The largest absolute Gasteiger partial charge is 0.316 e. The first-order valence-corrected chi connectivity index (χ1v) is 6.84. The van der Waals surface area contributed by atoms with Crippen molar-refractivity contribution in [3.63, 3.8) is 0 Å². The van der Waals surface area contributed by atoms with E-state index in [4.69, 9.17) is 0 Å². The number of hydrogen-bond acceptors (Lipinski definition) is 4. The van der Waals surface area contributed by atoms with Gasteiger partial charge in [0, 0.05) is 16.5 Å². The smallest absolute Gasteiger partial charge is 0.314 e. The van der Waals surface area contributed by atoms with E-state index in [1.807, 2.05) is 12.3 Å². The predicted molar refractivity (Wildman–Crippen MR) is 77.7 cm³/mol. The van der Waals surface area contributed by atoms with E-state index in [1.165, 1.54) is 11.3 Å². The van der Waals surface area contributed by atoms with Crippen LogP contribution < -0.4 is 11.1 Å². The van der Waals surface area contributed by atoms with Crippen molar-refractivity contribution in [2.75, 3.05) is 0 Å². The summed E-state index contributed by atoms with van der Waals surface area (Å²) in [6.07, 6.45) is 0. The molecular formula is C14H10N2O3S. The molecule has 0 aliphatic heterocycles. The summed E-state index contributed by atoms with van der Waals surface area (Å²) in [7, 11) is 0. The quantitative estimate of drug-likeness (QED) is 0.557. The third kappa shape index (κ3) is 2.00. The molecule has 2 heterocycles. The minimum atomic E-state index is -0.728. The van der Waals surface area contributed by atoms with Crippen molar-refractivity contribution in [3.8, 4) is 0 Å². The Kier molecular flexibility index (Phi) is 2.87. The van der Waals surface area contributed by atoms with Gasteiger partial charge in [-0.05, 0) is 36.1 Å². The van der Waals surface area contributed by atoms with Crippen molar-refractivity contribution >= 4 is 28.2 Å². The summed E-state index contributed by atoms with van der Waals surface area (Å²) in [5.41, 5.74) is 1.55. The Balaban J connectivity index is 2.16. The van der Waals surface area contributed by atoms with E-state index in [1.54, 1.807) is 23.6 Å². The molecule has 2 aromatic heterocycles. The Morgan fingerprint density at radius 1 is 1.05 bits per heavy atom. The summed E-state index contributed by atoms with van der Waals surface area (Å²) in [6, 6.07) is 4.82. The van der Waals surface area contributed by atoms with E-state index >= 15 is 0 Å². The number of aromatic nitrogens is 2. The van der Waals surface area contributed by atoms with Gasteiger partial charge in [0.2, 0.25) is 0 Å². The highest BCUT2D eigenvalue weighted by Gasteiger charge is 2.13. The number of carbonyl (C=O) groups excluding carboxylic acids is 1. The van der Waals surface area contributed by atoms with Gasteiger partial charge >= 0.3 is 11.1 Å². The molecule has 0 unspecified atom stereocenters. The van der Waals surface area contributed by atoms with Crippen LogP contribution >= 0.6 is 11.3 Å².